The van der Waals surface area contributed by atoms with Crippen molar-refractivity contribution in [2.24, 2.45) is 11.8 Å². The first-order valence-corrected chi connectivity index (χ1v) is 12.6. The van der Waals surface area contributed by atoms with Crippen LogP contribution in [-0.2, 0) is 22.6 Å². The number of anilines is 1. The average molecular weight is 494 g/mol. The van der Waals surface area contributed by atoms with Gasteiger partial charge in [-0.3, -0.25) is 19.8 Å². The van der Waals surface area contributed by atoms with E-state index in [2.05, 4.69) is 35.0 Å². The molecule has 0 saturated carbocycles. The molecule has 2 aliphatic heterocycles. The Morgan fingerprint density at radius 3 is 2.57 bits per heavy atom. The maximum atomic E-state index is 13.1. The summed E-state index contributed by atoms with van der Waals surface area (Å²) < 4.78 is 5.59. The lowest BCUT2D eigenvalue weighted by atomic mass is 9.80. The number of rotatable bonds is 5. The van der Waals surface area contributed by atoms with E-state index in [4.69, 9.17) is 4.74 Å². The second kappa shape index (κ2) is 9.58. The van der Waals surface area contributed by atoms with Crippen LogP contribution in [0.5, 0.6) is 5.75 Å². The van der Waals surface area contributed by atoms with Gasteiger partial charge in [0.15, 0.2) is 0 Å². The number of carbonyl (C=O) groups is 3. The van der Waals surface area contributed by atoms with Crippen LogP contribution >= 0.6 is 0 Å². The third kappa shape index (κ3) is 4.48. The molecule has 0 spiro atoms. The number of ether oxygens (including phenoxy) is 1. The largest absolute Gasteiger partial charge is 0.493 e. The van der Waals surface area contributed by atoms with Crippen molar-refractivity contribution in [3.63, 3.8) is 0 Å². The van der Waals surface area contributed by atoms with Gasteiger partial charge in [-0.2, -0.15) is 0 Å². The number of fused-ring (bicyclic) bond motifs is 2. The minimum Gasteiger partial charge on any atom is -0.493 e. The van der Waals surface area contributed by atoms with E-state index < -0.39 is 0 Å². The lowest BCUT2D eigenvalue weighted by molar-refractivity contribution is -0.139. The molecule has 3 aliphatic rings. The van der Waals surface area contributed by atoms with Crippen LogP contribution in [0.2, 0.25) is 0 Å². The fourth-order valence-corrected chi connectivity index (χ4v) is 5.23. The summed E-state index contributed by atoms with van der Waals surface area (Å²) in [5, 5.41) is 4.23. The zero-order valence-corrected chi connectivity index (χ0v) is 20.3. The molecule has 0 bridgehead atoms. The molecule has 7 nitrogen and oxygen atoms in total. The summed E-state index contributed by atoms with van der Waals surface area (Å²) in [4.78, 5) is 38.5. The summed E-state index contributed by atoms with van der Waals surface area (Å²) in [6, 6.07) is 21.1. The van der Waals surface area contributed by atoms with Crippen LogP contribution in [0, 0.1) is 11.8 Å². The van der Waals surface area contributed by atoms with Gasteiger partial charge >= 0.3 is 0 Å². The molecule has 3 amide bonds. The molecule has 0 aromatic heterocycles. The molecule has 1 saturated heterocycles. The van der Waals surface area contributed by atoms with Crippen molar-refractivity contribution in [3.05, 3.63) is 95.6 Å². The van der Waals surface area contributed by atoms with E-state index in [1.54, 1.807) is 24.3 Å². The normalized spacial score (nSPS) is 20.1. The number of nitrogens with one attached hydrogen (secondary N) is 2. The summed E-state index contributed by atoms with van der Waals surface area (Å²) in [6.45, 7) is 1.11. The maximum Gasteiger partial charge on any atom is 0.251 e. The molecule has 6 rings (SSSR count). The standard InChI is InChI=1S/C30H27N3O4/c34-28(31-18-19-8-10-20(11-9-19)21-12-13-27-22(16-21)14-15-37-27)23-4-3-5-24(17-23)33-30(36)26-7-2-1-6-25(26)29(35)32-33/h1-5,8-13,16-17,25-26H,6-7,14-15,18H2,(H,31,34)(H,32,35). The Bertz CT molecular complexity index is 1410. The summed E-state index contributed by atoms with van der Waals surface area (Å²) in [5.74, 6) is -0.302. The lowest BCUT2D eigenvalue weighted by Gasteiger charge is -2.38. The van der Waals surface area contributed by atoms with Gasteiger partial charge in [0.2, 0.25) is 11.8 Å². The van der Waals surface area contributed by atoms with Crippen LogP contribution in [0.25, 0.3) is 11.1 Å². The number of hydrogen-bond acceptors (Lipinski definition) is 4. The van der Waals surface area contributed by atoms with E-state index >= 15 is 0 Å². The fraction of sp³-hybridized carbons (Fsp3) is 0.233. The van der Waals surface area contributed by atoms with Gasteiger partial charge in [0, 0.05) is 18.5 Å². The predicted molar refractivity (Wildman–Crippen MR) is 140 cm³/mol. The second-order valence-corrected chi connectivity index (χ2v) is 9.66. The molecule has 2 heterocycles. The minimum absolute atomic E-state index is 0.150. The fourth-order valence-electron chi connectivity index (χ4n) is 5.23. The van der Waals surface area contributed by atoms with E-state index in [9.17, 15) is 14.4 Å². The Hall–Kier alpha value is -4.39. The van der Waals surface area contributed by atoms with Crippen molar-refractivity contribution in [2.75, 3.05) is 11.6 Å². The smallest absolute Gasteiger partial charge is 0.251 e. The molecule has 0 radical (unpaired) electrons. The third-order valence-corrected chi connectivity index (χ3v) is 7.33. The number of nitrogens with zero attached hydrogens (tertiary/aromatic N) is 1. The highest BCUT2D eigenvalue weighted by atomic mass is 16.5. The predicted octanol–water partition coefficient (Wildman–Crippen LogP) is 4.18. The number of carbonyl (C=O) groups excluding carboxylic acids is 3. The van der Waals surface area contributed by atoms with Crippen LogP contribution in [0.3, 0.4) is 0 Å². The molecule has 186 valence electrons. The number of benzene rings is 3. The Labute approximate surface area is 215 Å². The summed E-state index contributed by atoms with van der Waals surface area (Å²) in [6.07, 6.45) is 5.96. The molecule has 2 atom stereocenters. The number of allylic oxidation sites excluding steroid dienone is 2. The van der Waals surface area contributed by atoms with Crippen LogP contribution in [0.15, 0.2) is 78.9 Å². The number of hydrogen-bond donors (Lipinski definition) is 2. The van der Waals surface area contributed by atoms with Crippen LogP contribution < -0.4 is 20.5 Å². The van der Waals surface area contributed by atoms with Crippen LogP contribution in [0.1, 0.15) is 34.3 Å². The first-order chi connectivity index (χ1) is 18.1. The lowest BCUT2D eigenvalue weighted by Crippen LogP contribution is -2.59. The van der Waals surface area contributed by atoms with Gasteiger partial charge in [-0.25, -0.2) is 5.01 Å². The number of amides is 3. The van der Waals surface area contributed by atoms with Gasteiger partial charge in [0.25, 0.3) is 5.91 Å². The first-order valence-electron chi connectivity index (χ1n) is 12.6. The second-order valence-electron chi connectivity index (χ2n) is 9.66. The molecule has 7 heteroatoms. The highest BCUT2D eigenvalue weighted by molar-refractivity contribution is 6.05. The molecule has 37 heavy (non-hydrogen) atoms. The first kappa shape index (κ1) is 23.0. The molecule has 1 aliphatic carbocycles. The Kier molecular flexibility index (Phi) is 5.96. The van der Waals surface area contributed by atoms with Crippen molar-refractivity contribution in [2.45, 2.75) is 25.8 Å². The summed E-state index contributed by atoms with van der Waals surface area (Å²) in [5.41, 5.74) is 8.07. The van der Waals surface area contributed by atoms with Crippen molar-refractivity contribution < 1.29 is 19.1 Å². The molecule has 2 N–H and O–H groups in total. The van der Waals surface area contributed by atoms with Crippen molar-refractivity contribution in [1.29, 1.82) is 0 Å². The zero-order valence-electron chi connectivity index (χ0n) is 20.3. The molecular formula is C30H27N3O4. The van der Waals surface area contributed by atoms with E-state index in [1.165, 1.54) is 10.6 Å². The maximum absolute atomic E-state index is 13.1. The highest BCUT2D eigenvalue weighted by Gasteiger charge is 2.42. The van der Waals surface area contributed by atoms with Crippen LogP contribution in [-0.4, -0.2) is 24.3 Å². The quantitative estimate of drug-likeness (QED) is 0.522. The topological polar surface area (TPSA) is 87.7 Å². The Balaban J connectivity index is 1.11. The third-order valence-electron chi connectivity index (χ3n) is 7.33. The van der Waals surface area contributed by atoms with E-state index in [1.807, 2.05) is 30.4 Å². The minimum atomic E-state index is -0.371. The van der Waals surface area contributed by atoms with E-state index in [0.717, 1.165) is 35.5 Å². The van der Waals surface area contributed by atoms with Gasteiger partial charge in [-0.15, -0.1) is 0 Å². The van der Waals surface area contributed by atoms with Crippen molar-refractivity contribution in [1.82, 2.24) is 10.7 Å². The zero-order chi connectivity index (χ0) is 25.4. The van der Waals surface area contributed by atoms with Gasteiger partial charge < -0.3 is 10.1 Å². The number of hydrazine groups is 1. The van der Waals surface area contributed by atoms with Crippen molar-refractivity contribution >= 4 is 23.4 Å². The van der Waals surface area contributed by atoms with Gasteiger partial charge in [0.05, 0.1) is 24.1 Å². The van der Waals surface area contributed by atoms with Gasteiger partial charge in [-0.05, 0) is 65.4 Å². The van der Waals surface area contributed by atoms with E-state index in [-0.39, 0.29) is 29.6 Å². The molecule has 2 unspecified atom stereocenters. The Morgan fingerprint density at radius 2 is 1.73 bits per heavy atom. The van der Waals surface area contributed by atoms with E-state index in [0.29, 0.717) is 30.6 Å². The van der Waals surface area contributed by atoms with Crippen LogP contribution in [0.4, 0.5) is 5.69 Å². The molecular weight excluding hydrogens is 466 g/mol. The SMILES string of the molecule is O=C(NCc1ccc(-c2ccc3c(c2)CCO3)cc1)c1cccc(N2NC(=O)C3CC=CCC3C2=O)c1. The molecule has 3 aromatic carbocycles. The summed E-state index contributed by atoms with van der Waals surface area (Å²) >= 11 is 0. The monoisotopic (exact) mass is 493 g/mol. The average Bonchev–Trinajstić information content (AvgIpc) is 3.42. The molecule has 3 aromatic rings. The summed E-state index contributed by atoms with van der Waals surface area (Å²) in [7, 11) is 0. The van der Waals surface area contributed by atoms with Gasteiger partial charge in [0.1, 0.15) is 5.75 Å². The van der Waals surface area contributed by atoms with Crippen molar-refractivity contribution in [3.8, 4) is 16.9 Å². The van der Waals surface area contributed by atoms with Gasteiger partial charge in [-0.1, -0.05) is 48.6 Å². The highest BCUT2D eigenvalue weighted by Crippen LogP contribution is 2.33. The Morgan fingerprint density at radius 1 is 0.946 bits per heavy atom. The molecule has 1 fully saturated rings.